The second-order valence-electron chi connectivity index (χ2n) is 14.0. The Hall–Kier alpha value is -7.15. The van der Waals surface area contributed by atoms with Crippen LogP contribution in [0, 0.1) is 0 Å². The standard InChI is InChI=1S/C49H28N4OS/c1-2-12-29(13-3-1)47-50-48(32-22-23-37-36-18-8-11-21-44(36)55-45(37)26-32)52-49(51-47)40-28-33(27-39-35-17-7-10-20-43(35)54-46(39)40)53-41-19-9-6-16-34(41)38-24-30-14-4-5-15-31(30)25-42(38)53/h1-28H. The lowest BCUT2D eigenvalue weighted by atomic mass is 10.1. The summed E-state index contributed by atoms with van der Waals surface area (Å²) in [6.07, 6.45) is 0. The molecule has 0 spiro atoms. The molecule has 6 heteroatoms. The van der Waals surface area contributed by atoms with Crippen molar-refractivity contribution in [2.24, 2.45) is 0 Å². The van der Waals surface area contributed by atoms with E-state index in [1.54, 1.807) is 11.3 Å². The molecule has 0 bridgehead atoms. The summed E-state index contributed by atoms with van der Waals surface area (Å²) in [5.41, 5.74) is 7.49. The van der Waals surface area contributed by atoms with E-state index in [0.29, 0.717) is 17.5 Å². The summed E-state index contributed by atoms with van der Waals surface area (Å²) >= 11 is 1.79. The number of rotatable bonds is 4. The van der Waals surface area contributed by atoms with E-state index in [-0.39, 0.29) is 0 Å². The lowest BCUT2D eigenvalue weighted by Crippen LogP contribution is -2.01. The van der Waals surface area contributed by atoms with Crippen molar-refractivity contribution >= 4 is 86.0 Å². The molecule has 0 radical (unpaired) electrons. The summed E-state index contributed by atoms with van der Waals surface area (Å²) in [7, 11) is 0. The zero-order valence-electron chi connectivity index (χ0n) is 29.3. The van der Waals surface area contributed by atoms with Gasteiger partial charge in [-0.2, -0.15) is 0 Å². The van der Waals surface area contributed by atoms with Crippen LogP contribution in [0.2, 0.25) is 0 Å². The smallest absolute Gasteiger partial charge is 0.167 e. The number of furan rings is 1. The van der Waals surface area contributed by atoms with Crippen LogP contribution < -0.4 is 0 Å². The highest BCUT2D eigenvalue weighted by atomic mass is 32.1. The molecule has 0 saturated carbocycles. The highest BCUT2D eigenvalue weighted by Crippen LogP contribution is 2.42. The molecule has 0 saturated heterocycles. The summed E-state index contributed by atoms with van der Waals surface area (Å²) < 4.78 is 11.5. The number of nitrogens with zero attached hydrogens (tertiary/aromatic N) is 4. The van der Waals surface area contributed by atoms with Gasteiger partial charge in [0.1, 0.15) is 11.2 Å². The number of aromatic nitrogens is 4. The van der Waals surface area contributed by atoms with Gasteiger partial charge >= 0.3 is 0 Å². The highest BCUT2D eigenvalue weighted by Gasteiger charge is 2.22. The van der Waals surface area contributed by atoms with E-state index in [0.717, 1.165) is 55.3 Å². The van der Waals surface area contributed by atoms with Gasteiger partial charge < -0.3 is 8.98 Å². The first-order chi connectivity index (χ1) is 27.2. The van der Waals surface area contributed by atoms with Crippen LogP contribution >= 0.6 is 11.3 Å². The van der Waals surface area contributed by atoms with Crippen LogP contribution in [-0.2, 0) is 0 Å². The Kier molecular flexibility index (Phi) is 6.44. The third-order valence-corrected chi connectivity index (χ3v) is 11.9. The molecule has 4 heterocycles. The highest BCUT2D eigenvalue weighted by molar-refractivity contribution is 7.25. The third-order valence-electron chi connectivity index (χ3n) is 10.8. The Morgan fingerprint density at radius 3 is 1.96 bits per heavy atom. The molecule has 0 atom stereocenters. The summed E-state index contributed by atoms with van der Waals surface area (Å²) in [6.45, 7) is 0. The normalized spacial score (nSPS) is 12.0. The van der Waals surface area contributed by atoms with Gasteiger partial charge in [-0.05, 0) is 59.3 Å². The Labute approximate surface area is 318 Å². The molecule has 0 aliphatic rings. The van der Waals surface area contributed by atoms with Crippen LogP contribution in [0.15, 0.2) is 174 Å². The second-order valence-corrected chi connectivity index (χ2v) is 15.1. The Morgan fingerprint density at radius 2 is 1.09 bits per heavy atom. The van der Waals surface area contributed by atoms with Gasteiger partial charge in [0.05, 0.1) is 16.6 Å². The minimum Gasteiger partial charge on any atom is -0.455 e. The fourth-order valence-corrected chi connectivity index (χ4v) is 9.39. The maximum atomic E-state index is 6.72. The molecule has 55 heavy (non-hydrogen) atoms. The van der Waals surface area contributed by atoms with E-state index in [2.05, 4.69) is 132 Å². The number of hydrogen-bond acceptors (Lipinski definition) is 5. The van der Waals surface area contributed by atoms with Crippen molar-refractivity contribution in [1.29, 1.82) is 0 Å². The number of fused-ring (bicyclic) bond motifs is 10. The molecule has 8 aromatic carbocycles. The summed E-state index contributed by atoms with van der Waals surface area (Å²) in [5.74, 6) is 1.77. The third kappa shape index (κ3) is 4.68. The molecule has 12 aromatic rings. The van der Waals surface area contributed by atoms with E-state index in [9.17, 15) is 0 Å². The zero-order valence-corrected chi connectivity index (χ0v) is 30.1. The Morgan fingerprint density at radius 1 is 0.418 bits per heavy atom. The molecule has 5 nitrogen and oxygen atoms in total. The van der Waals surface area contributed by atoms with Gasteiger partial charge in [-0.3, -0.25) is 0 Å². The van der Waals surface area contributed by atoms with E-state index >= 15 is 0 Å². The summed E-state index contributed by atoms with van der Waals surface area (Å²) in [6, 6.07) is 59.8. The number of thiophene rings is 1. The lowest BCUT2D eigenvalue weighted by Gasteiger charge is -2.13. The molecule has 256 valence electrons. The first-order valence-corrected chi connectivity index (χ1v) is 19.2. The van der Waals surface area contributed by atoms with E-state index in [1.165, 1.54) is 41.7 Å². The largest absolute Gasteiger partial charge is 0.455 e. The lowest BCUT2D eigenvalue weighted by molar-refractivity contribution is 0.669. The predicted molar refractivity (Wildman–Crippen MR) is 228 cm³/mol. The molecular weight excluding hydrogens is 693 g/mol. The number of para-hydroxylation sites is 2. The van der Waals surface area contributed by atoms with Crippen molar-refractivity contribution in [2.45, 2.75) is 0 Å². The van der Waals surface area contributed by atoms with Gasteiger partial charge in [-0.15, -0.1) is 11.3 Å². The van der Waals surface area contributed by atoms with Crippen molar-refractivity contribution < 1.29 is 4.42 Å². The Balaban J connectivity index is 1.16. The van der Waals surface area contributed by atoms with Gasteiger partial charge in [0.2, 0.25) is 0 Å². The van der Waals surface area contributed by atoms with E-state index in [4.69, 9.17) is 19.4 Å². The molecule has 0 unspecified atom stereocenters. The monoisotopic (exact) mass is 720 g/mol. The molecule has 12 rings (SSSR count). The summed E-state index contributed by atoms with van der Waals surface area (Å²) in [5, 5.41) is 9.36. The predicted octanol–water partition coefficient (Wildman–Crippen LogP) is 13.4. The van der Waals surface area contributed by atoms with Crippen molar-refractivity contribution in [3.05, 3.63) is 170 Å². The van der Waals surface area contributed by atoms with Crippen molar-refractivity contribution in [2.75, 3.05) is 0 Å². The molecule has 0 fully saturated rings. The average molecular weight is 721 g/mol. The Bertz CT molecular complexity index is 3500. The maximum absolute atomic E-state index is 6.72. The first kappa shape index (κ1) is 30.3. The van der Waals surface area contributed by atoms with E-state index in [1.807, 2.05) is 42.5 Å². The molecule has 0 aliphatic heterocycles. The molecule has 4 aromatic heterocycles. The minimum atomic E-state index is 0.553. The van der Waals surface area contributed by atoms with Crippen molar-refractivity contribution in [1.82, 2.24) is 19.5 Å². The second kappa shape index (κ2) is 11.7. The molecule has 0 amide bonds. The average Bonchev–Trinajstić information content (AvgIpc) is 3.91. The van der Waals surface area contributed by atoms with Gasteiger partial charge in [0.15, 0.2) is 17.5 Å². The van der Waals surface area contributed by atoms with Crippen molar-refractivity contribution in [3.63, 3.8) is 0 Å². The van der Waals surface area contributed by atoms with Gasteiger partial charge in [0, 0.05) is 58.5 Å². The van der Waals surface area contributed by atoms with E-state index < -0.39 is 0 Å². The van der Waals surface area contributed by atoms with Gasteiger partial charge in [-0.1, -0.05) is 121 Å². The molecule has 0 aliphatic carbocycles. The SMILES string of the molecule is c1ccc(-c2nc(-c3ccc4c(c3)sc3ccccc34)nc(-c3cc(-n4c5ccccc5c5cc6ccccc6cc54)cc4c3oc3ccccc34)n2)cc1. The maximum Gasteiger partial charge on any atom is 0.167 e. The summed E-state index contributed by atoms with van der Waals surface area (Å²) in [4.78, 5) is 15.6. The van der Waals surface area contributed by atoms with Crippen LogP contribution in [0.5, 0.6) is 0 Å². The molecular formula is C49H28N4OS. The van der Waals surface area contributed by atoms with Crippen LogP contribution in [0.1, 0.15) is 0 Å². The van der Waals surface area contributed by atoms with Crippen LogP contribution in [0.3, 0.4) is 0 Å². The first-order valence-electron chi connectivity index (χ1n) is 18.3. The fourth-order valence-electron chi connectivity index (χ4n) is 8.25. The topological polar surface area (TPSA) is 56.7 Å². The van der Waals surface area contributed by atoms with Gasteiger partial charge in [-0.25, -0.2) is 15.0 Å². The van der Waals surface area contributed by atoms with Crippen LogP contribution in [-0.4, -0.2) is 19.5 Å². The minimum absolute atomic E-state index is 0.553. The number of hydrogen-bond donors (Lipinski definition) is 0. The van der Waals surface area contributed by atoms with Crippen LogP contribution in [0.25, 0.3) is 115 Å². The molecule has 0 N–H and O–H groups in total. The zero-order chi connectivity index (χ0) is 36.0. The quantitative estimate of drug-likeness (QED) is 0.182. The van der Waals surface area contributed by atoms with Gasteiger partial charge in [0.25, 0.3) is 0 Å². The fraction of sp³-hybridized carbons (Fsp3) is 0. The van der Waals surface area contributed by atoms with Crippen LogP contribution in [0.4, 0.5) is 0 Å². The van der Waals surface area contributed by atoms with Crippen molar-refractivity contribution in [3.8, 4) is 39.9 Å². The number of benzene rings is 8.